The lowest BCUT2D eigenvalue weighted by Gasteiger charge is -2.04. The van der Waals surface area contributed by atoms with Crippen molar-refractivity contribution in [2.75, 3.05) is 26.5 Å². The van der Waals surface area contributed by atoms with E-state index < -0.39 is 22.0 Å². The number of carbonyl (C=O) groups is 2. The number of hydrogen-bond donors (Lipinski definition) is 0. The number of hydrogen-bond acceptors (Lipinski definition) is 7. The fourth-order valence-electron chi connectivity index (χ4n) is 1.05. The highest BCUT2D eigenvalue weighted by Gasteiger charge is 2.22. The van der Waals surface area contributed by atoms with Gasteiger partial charge in [0.15, 0.2) is 6.61 Å². The van der Waals surface area contributed by atoms with Crippen molar-refractivity contribution in [3.8, 4) is 12.3 Å². The second kappa shape index (κ2) is 7.19. The van der Waals surface area contributed by atoms with Gasteiger partial charge in [-0.15, -0.1) is 16.2 Å². The molecular formula is C11H14N4O5S2. The van der Waals surface area contributed by atoms with Gasteiger partial charge in [0.25, 0.3) is 0 Å². The predicted octanol–water partition coefficient (Wildman–Crippen LogP) is -0.0616. The van der Waals surface area contributed by atoms with Crippen molar-refractivity contribution in [1.29, 1.82) is 0 Å². The summed E-state index contributed by atoms with van der Waals surface area (Å²) in [6.45, 7) is 1.11. The fraction of sp³-hybridized carbons (Fsp3) is 0.455. The van der Waals surface area contributed by atoms with Crippen LogP contribution in [0.15, 0.2) is 9.33 Å². The number of carbonyl (C=O) groups excluding carboxylic acids is 2. The third-order valence-corrected chi connectivity index (χ3v) is 5.30. The van der Waals surface area contributed by atoms with Crippen molar-refractivity contribution in [3.63, 3.8) is 0 Å². The second-order valence-corrected chi connectivity index (χ2v) is 7.42. The van der Waals surface area contributed by atoms with Gasteiger partial charge in [-0.1, -0.05) is 24.2 Å². The van der Waals surface area contributed by atoms with Crippen LogP contribution in [0.2, 0.25) is 0 Å². The summed E-state index contributed by atoms with van der Waals surface area (Å²) < 4.78 is 28.6. The molecule has 1 heterocycles. The van der Waals surface area contributed by atoms with Crippen LogP contribution in [0.5, 0.6) is 0 Å². The lowest BCUT2D eigenvalue weighted by molar-refractivity contribution is 0.157. The molecule has 0 aliphatic heterocycles. The maximum atomic E-state index is 11.8. The highest BCUT2D eigenvalue weighted by atomic mass is 32.2. The molecule has 9 nitrogen and oxygen atoms in total. The normalized spacial score (nSPS) is 11.8. The number of amides is 2. The van der Waals surface area contributed by atoms with Crippen LogP contribution >= 0.6 is 11.3 Å². The van der Waals surface area contributed by atoms with Gasteiger partial charge >= 0.3 is 12.1 Å². The number of terminal acetylenes is 1. The number of urea groups is 1. The van der Waals surface area contributed by atoms with Crippen LogP contribution in [0, 0.1) is 12.3 Å². The van der Waals surface area contributed by atoms with Crippen LogP contribution in [-0.4, -0.2) is 61.7 Å². The van der Waals surface area contributed by atoms with E-state index in [2.05, 4.69) is 20.7 Å². The molecule has 22 heavy (non-hydrogen) atoms. The number of aromatic nitrogens is 2. The molecule has 1 rings (SSSR count). The maximum Gasteiger partial charge on any atom is 0.438 e. The summed E-state index contributed by atoms with van der Waals surface area (Å²) in [6, 6.07) is -0.678. The summed E-state index contributed by atoms with van der Waals surface area (Å²) in [6.07, 6.45) is 3.96. The molecule has 120 valence electrons. The average molecular weight is 346 g/mol. The minimum atomic E-state index is -3.66. The molecule has 0 aromatic carbocycles. The Morgan fingerprint density at radius 1 is 1.50 bits per heavy atom. The summed E-state index contributed by atoms with van der Waals surface area (Å²) in [4.78, 5) is 28.0. The van der Waals surface area contributed by atoms with E-state index in [-0.39, 0.29) is 21.5 Å². The zero-order valence-corrected chi connectivity index (χ0v) is 13.8. The largest absolute Gasteiger partial charge is 0.438 e. The van der Waals surface area contributed by atoms with E-state index in [1.54, 1.807) is 0 Å². The molecule has 0 fully saturated rings. The standard InChI is InChI=1S/C11H14N4O5S2/c1-5-7-20-11(17)15-9(12-8(16)14(3)4)21-10(13-15)22(18,19)6-2/h1H,6-7H2,2-4H3. The van der Waals surface area contributed by atoms with Crippen molar-refractivity contribution in [3.05, 3.63) is 4.80 Å². The van der Waals surface area contributed by atoms with Crippen LogP contribution in [0.3, 0.4) is 0 Å². The van der Waals surface area contributed by atoms with Crippen LogP contribution < -0.4 is 4.80 Å². The number of sulfone groups is 1. The molecule has 0 unspecified atom stereocenters. The van der Waals surface area contributed by atoms with Gasteiger partial charge in [-0.05, 0) is 0 Å². The Morgan fingerprint density at radius 2 is 2.14 bits per heavy atom. The SMILES string of the molecule is C#CCOC(=O)n1nc(S(=O)(=O)CC)sc1=NC(=O)N(C)C. The minimum Gasteiger partial charge on any atom is -0.435 e. The zero-order valence-electron chi connectivity index (χ0n) is 12.1. The molecule has 0 N–H and O–H groups in total. The smallest absolute Gasteiger partial charge is 0.435 e. The van der Waals surface area contributed by atoms with Gasteiger partial charge in [0.1, 0.15) is 0 Å². The van der Waals surface area contributed by atoms with Crippen LogP contribution in [0.4, 0.5) is 9.59 Å². The zero-order chi connectivity index (χ0) is 16.9. The summed E-state index contributed by atoms with van der Waals surface area (Å²) in [7, 11) is -0.745. The Labute approximate surface area is 131 Å². The van der Waals surface area contributed by atoms with Gasteiger partial charge in [-0.2, -0.15) is 4.99 Å². The summed E-state index contributed by atoms with van der Waals surface area (Å²) in [5.74, 6) is 1.88. The van der Waals surface area contributed by atoms with Gasteiger partial charge in [-0.3, -0.25) is 0 Å². The second-order valence-electron chi connectivity index (χ2n) is 4.01. The topological polar surface area (TPSA) is 111 Å². The molecular weight excluding hydrogens is 332 g/mol. The summed E-state index contributed by atoms with van der Waals surface area (Å²) in [5, 5.41) is 3.66. The quantitative estimate of drug-likeness (QED) is 0.709. The van der Waals surface area contributed by atoms with E-state index in [9.17, 15) is 18.0 Å². The third kappa shape index (κ3) is 4.15. The van der Waals surface area contributed by atoms with Crippen molar-refractivity contribution >= 4 is 33.3 Å². The Morgan fingerprint density at radius 3 is 2.64 bits per heavy atom. The van der Waals surface area contributed by atoms with Gasteiger partial charge in [0.2, 0.25) is 19.0 Å². The van der Waals surface area contributed by atoms with Crippen molar-refractivity contribution in [2.45, 2.75) is 11.3 Å². The summed E-state index contributed by atoms with van der Waals surface area (Å²) in [5.41, 5.74) is 0. The Balaban J connectivity index is 3.44. The van der Waals surface area contributed by atoms with E-state index in [0.717, 1.165) is 4.90 Å². The monoisotopic (exact) mass is 346 g/mol. The Bertz CT molecular complexity index is 782. The first-order valence-electron chi connectivity index (χ1n) is 5.92. The van der Waals surface area contributed by atoms with Crippen molar-refractivity contribution in [1.82, 2.24) is 14.7 Å². The van der Waals surface area contributed by atoms with E-state index >= 15 is 0 Å². The van der Waals surface area contributed by atoms with E-state index in [1.807, 2.05) is 0 Å². The molecule has 0 aliphatic rings. The van der Waals surface area contributed by atoms with E-state index in [1.165, 1.54) is 21.0 Å². The van der Waals surface area contributed by atoms with Gasteiger partial charge in [0.05, 0.1) is 5.75 Å². The minimum absolute atomic E-state index is 0.207. The van der Waals surface area contributed by atoms with Gasteiger partial charge in [0, 0.05) is 14.1 Å². The third-order valence-electron chi connectivity index (χ3n) is 2.21. The Hall–Kier alpha value is -2.19. The molecule has 1 aromatic rings. The number of rotatable bonds is 3. The predicted molar refractivity (Wildman–Crippen MR) is 78.1 cm³/mol. The van der Waals surface area contributed by atoms with Crippen LogP contribution in [0.1, 0.15) is 6.92 Å². The first-order chi connectivity index (χ1) is 10.2. The lowest BCUT2D eigenvalue weighted by Crippen LogP contribution is -2.29. The van der Waals surface area contributed by atoms with Crippen molar-refractivity contribution < 1.29 is 22.7 Å². The van der Waals surface area contributed by atoms with E-state index in [4.69, 9.17) is 6.42 Å². The molecule has 11 heteroatoms. The molecule has 0 radical (unpaired) electrons. The van der Waals surface area contributed by atoms with Gasteiger partial charge in [-0.25, -0.2) is 18.0 Å². The number of ether oxygens (including phenoxy) is 1. The highest BCUT2D eigenvalue weighted by molar-refractivity contribution is 7.93. The van der Waals surface area contributed by atoms with Crippen LogP contribution in [0.25, 0.3) is 0 Å². The first kappa shape index (κ1) is 17.9. The molecule has 0 spiro atoms. The average Bonchev–Trinajstić information content (AvgIpc) is 2.89. The van der Waals surface area contributed by atoms with E-state index in [0.29, 0.717) is 16.0 Å². The maximum absolute atomic E-state index is 11.8. The summed E-state index contributed by atoms with van der Waals surface area (Å²) >= 11 is 0.596. The molecule has 0 aliphatic carbocycles. The molecule has 1 aromatic heterocycles. The molecule has 0 saturated carbocycles. The van der Waals surface area contributed by atoms with Crippen LogP contribution in [-0.2, 0) is 14.6 Å². The molecule has 2 amide bonds. The Kier molecular flexibility index (Phi) is 5.84. The van der Waals surface area contributed by atoms with Gasteiger partial charge < -0.3 is 9.64 Å². The first-order valence-corrected chi connectivity index (χ1v) is 8.39. The highest BCUT2D eigenvalue weighted by Crippen LogP contribution is 2.10. The lowest BCUT2D eigenvalue weighted by atomic mass is 10.8. The number of nitrogens with zero attached hydrogens (tertiary/aromatic N) is 4. The fourth-order valence-corrected chi connectivity index (χ4v) is 3.19. The molecule has 0 bridgehead atoms. The molecule has 0 atom stereocenters. The van der Waals surface area contributed by atoms with Crippen molar-refractivity contribution in [2.24, 2.45) is 4.99 Å². The molecule has 0 saturated heterocycles.